The summed E-state index contributed by atoms with van der Waals surface area (Å²) in [6.07, 6.45) is 6.10. The zero-order chi connectivity index (χ0) is 11.8. The first-order valence-electron chi connectivity index (χ1n) is 6.32. The van der Waals surface area contributed by atoms with Crippen LogP contribution in [0.4, 0.5) is 0 Å². The highest BCUT2D eigenvalue weighted by molar-refractivity contribution is 5.19. The molecule has 3 nitrogen and oxygen atoms in total. The fourth-order valence-electron chi connectivity index (χ4n) is 3.25. The van der Waals surface area contributed by atoms with Gasteiger partial charge in [-0.15, -0.1) is 6.58 Å². The summed E-state index contributed by atoms with van der Waals surface area (Å²) in [5.74, 6) is 1.17. The molecular formula is C14H18N2O. The maximum Gasteiger partial charge on any atom is 0.181 e. The number of pyridine rings is 1. The number of nitrogens with one attached hydrogen (secondary N) is 1. The fourth-order valence-corrected chi connectivity index (χ4v) is 3.25. The van der Waals surface area contributed by atoms with Crippen molar-refractivity contribution in [3.63, 3.8) is 0 Å². The van der Waals surface area contributed by atoms with Gasteiger partial charge in [0.25, 0.3) is 0 Å². The second-order valence-electron chi connectivity index (χ2n) is 5.19. The molecule has 3 rings (SSSR count). The third-order valence-corrected chi connectivity index (χ3v) is 4.04. The van der Waals surface area contributed by atoms with Crippen molar-refractivity contribution in [2.45, 2.75) is 31.3 Å². The summed E-state index contributed by atoms with van der Waals surface area (Å²) in [6.45, 7) is 5.95. The van der Waals surface area contributed by atoms with E-state index in [-0.39, 0.29) is 5.43 Å². The molecular weight excluding hydrogens is 212 g/mol. The van der Waals surface area contributed by atoms with Crippen LogP contribution in [0.3, 0.4) is 0 Å². The summed E-state index contributed by atoms with van der Waals surface area (Å²) in [5.41, 5.74) is 1.32. The van der Waals surface area contributed by atoms with Crippen LogP contribution >= 0.6 is 0 Å². The molecule has 2 aliphatic rings. The Balaban J connectivity index is 2.02. The van der Waals surface area contributed by atoms with Crippen LogP contribution in [0.2, 0.25) is 0 Å². The molecule has 0 radical (unpaired) electrons. The number of rotatable bonds is 2. The molecule has 1 aromatic heterocycles. The van der Waals surface area contributed by atoms with E-state index in [4.69, 9.17) is 0 Å². The summed E-state index contributed by atoms with van der Waals surface area (Å²) in [4.78, 5) is 11.5. The molecule has 0 unspecified atom stereocenters. The van der Waals surface area contributed by atoms with Crippen molar-refractivity contribution in [2.24, 2.45) is 5.92 Å². The van der Waals surface area contributed by atoms with Gasteiger partial charge in [0.2, 0.25) is 0 Å². The average Bonchev–Trinajstić information content (AvgIpc) is 2.34. The summed E-state index contributed by atoms with van der Waals surface area (Å²) in [5, 5.41) is 3.60. The molecule has 3 heteroatoms. The lowest BCUT2D eigenvalue weighted by Crippen LogP contribution is -2.49. The second-order valence-corrected chi connectivity index (χ2v) is 5.19. The van der Waals surface area contributed by atoms with E-state index in [0.29, 0.717) is 17.9 Å². The summed E-state index contributed by atoms with van der Waals surface area (Å²) >= 11 is 0. The van der Waals surface area contributed by atoms with Gasteiger partial charge in [0.15, 0.2) is 5.43 Å². The van der Waals surface area contributed by atoms with Crippen LogP contribution in [0.15, 0.2) is 35.8 Å². The highest BCUT2D eigenvalue weighted by Crippen LogP contribution is 2.36. The number of fused-ring (bicyclic) bond motifs is 4. The minimum Gasteiger partial charge on any atom is -0.350 e. The van der Waals surface area contributed by atoms with Crippen LogP contribution in [0, 0.1) is 5.92 Å². The highest BCUT2D eigenvalue weighted by Gasteiger charge is 2.35. The molecule has 0 aliphatic carbocycles. The molecule has 0 saturated carbocycles. The largest absolute Gasteiger partial charge is 0.350 e. The van der Waals surface area contributed by atoms with E-state index < -0.39 is 0 Å². The summed E-state index contributed by atoms with van der Waals surface area (Å²) < 4.78 is 2.26. The van der Waals surface area contributed by atoms with Crippen LogP contribution in [0.25, 0.3) is 0 Å². The van der Waals surface area contributed by atoms with E-state index in [0.717, 1.165) is 19.5 Å². The van der Waals surface area contributed by atoms with E-state index in [1.807, 2.05) is 18.3 Å². The molecule has 3 atom stereocenters. The summed E-state index contributed by atoms with van der Waals surface area (Å²) in [7, 11) is 0. The van der Waals surface area contributed by atoms with Crippen molar-refractivity contribution in [1.29, 1.82) is 0 Å². The van der Waals surface area contributed by atoms with E-state index in [2.05, 4.69) is 16.5 Å². The van der Waals surface area contributed by atoms with E-state index in [9.17, 15) is 4.79 Å². The molecule has 0 spiro atoms. The van der Waals surface area contributed by atoms with Crippen LogP contribution in [0.5, 0.6) is 0 Å². The third kappa shape index (κ3) is 1.84. The molecule has 2 aliphatic heterocycles. The Labute approximate surface area is 101 Å². The smallest absolute Gasteiger partial charge is 0.181 e. The quantitative estimate of drug-likeness (QED) is 0.781. The number of hydrogen-bond acceptors (Lipinski definition) is 2. The molecule has 17 heavy (non-hydrogen) atoms. The van der Waals surface area contributed by atoms with Gasteiger partial charge < -0.3 is 9.88 Å². The Bertz CT molecular complexity index is 491. The standard InChI is InChI=1S/C14H18N2O/c1-2-3-13-12-6-10(8-15-13)9-16-5-4-11(17)7-14(12)16/h2,4-5,7,10,12-13,15H,1,3,6,8-9H2/t10-,12+,13-/m1/s1. The van der Waals surface area contributed by atoms with E-state index >= 15 is 0 Å². The molecule has 1 aromatic rings. The molecule has 1 saturated heterocycles. The molecule has 0 aromatic carbocycles. The molecule has 1 fully saturated rings. The average molecular weight is 230 g/mol. The van der Waals surface area contributed by atoms with Gasteiger partial charge in [-0.1, -0.05) is 6.08 Å². The fraction of sp³-hybridized carbons (Fsp3) is 0.500. The van der Waals surface area contributed by atoms with E-state index in [1.165, 1.54) is 12.1 Å². The van der Waals surface area contributed by atoms with Crippen molar-refractivity contribution in [3.05, 3.63) is 46.9 Å². The second kappa shape index (κ2) is 4.15. The molecule has 0 amide bonds. The molecule has 2 bridgehead atoms. The minimum absolute atomic E-state index is 0.123. The lowest BCUT2D eigenvalue weighted by Gasteiger charge is -2.42. The zero-order valence-electron chi connectivity index (χ0n) is 9.93. The SMILES string of the molecule is C=CC[C@H]1NC[C@H]2C[C@@H]1c1cc(=O)ccn1C2. The van der Waals surface area contributed by atoms with Gasteiger partial charge in [-0.2, -0.15) is 0 Å². The highest BCUT2D eigenvalue weighted by atomic mass is 16.1. The van der Waals surface area contributed by atoms with Crippen LogP contribution in [0.1, 0.15) is 24.5 Å². The third-order valence-electron chi connectivity index (χ3n) is 4.04. The van der Waals surface area contributed by atoms with Crippen molar-refractivity contribution in [1.82, 2.24) is 9.88 Å². The van der Waals surface area contributed by atoms with E-state index in [1.54, 1.807) is 6.07 Å². The normalized spacial score (nSPS) is 30.7. The lowest BCUT2D eigenvalue weighted by molar-refractivity contribution is 0.210. The maximum atomic E-state index is 11.5. The van der Waals surface area contributed by atoms with Crippen molar-refractivity contribution in [3.8, 4) is 0 Å². The van der Waals surface area contributed by atoms with Crippen LogP contribution in [-0.2, 0) is 6.54 Å². The molecule has 90 valence electrons. The van der Waals surface area contributed by atoms with Gasteiger partial charge in [-0.05, 0) is 25.3 Å². The predicted octanol–water partition coefficient (Wildman–Crippen LogP) is 1.50. The van der Waals surface area contributed by atoms with Gasteiger partial charge in [0.1, 0.15) is 0 Å². The Hall–Kier alpha value is -1.35. The van der Waals surface area contributed by atoms with Crippen LogP contribution in [-0.4, -0.2) is 17.2 Å². The number of nitrogens with zero attached hydrogens (tertiary/aromatic N) is 1. The topological polar surface area (TPSA) is 34.0 Å². The first kappa shape index (κ1) is 10.8. The van der Waals surface area contributed by atoms with Crippen molar-refractivity contribution in [2.75, 3.05) is 6.54 Å². The van der Waals surface area contributed by atoms with Gasteiger partial charge in [0, 0.05) is 42.5 Å². The maximum absolute atomic E-state index is 11.5. The number of aromatic nitrogens is 1. The Kier molecular flexibility index (Phi) is 2.63. The Morgan fingerprint density at radius 1 is 1.59 bits per heavy atom. The molecule has 1 N–H and O–H groups in total. The van der Waals surface area contributed by atoms with Gasteiger partial charge in [0.05, 0.1) is 0 Å². The monoisotopic (exact) mass is 230 g/mol. The lowest BCUT2D eigenvalue weighted by atomic mass is 9.78. The van der Waals surface area contributed by atoms with Crippen molar-refractivity contribution < 1.29 is 0 Å². The van der Waals surface area contributed by atoms with Gasteiger partial charge >= 0.3 is 0 Å². The van der Waals surface area contributed by atoms with Gasteiger partial charge in [-0.3, -0.25) is 4.79 Å². The van der Waals surface area contributed by atoms with Gasteiger partial charge in [-0.25, -0.2) is 0 Å². The zero-order valence-corrected chi connectivity index (χ0v) is 9.93. The number of piperidine rings is 1. The first-order valence-corrected chi connectivity index (χ1v) is 6.32. The number of hydrogen-bond donors (Lipinski definition) is 1. The predicted molar refractivity (Wildman–Crippen MR) is 68.2 cm³/mol. The summed E-state index contributed by atoms with van der Waals surface area (Å²) in [6, 6.07) is 3.92. The molecule has 3 heterocycles. The first-order chi connectivity index (χ1) is 8.28. The minimum atomic E-state index is 0.123. The van der Waals surface area contributed by atoms with Crippen molar-refractivity contribution >= 4 is 0 Å². The Morgan fingerprint density at radius 2 is 2.47 bits per heavy atom. The Morgan fingerprint density at radius 3 is 3.29 bits per heavy atom. The van der Waals surface area contributed by atoms with Crippen LogP contribution < -0.4 is 10.7 Å².